The number of piperidine rings is 2. The van der Waals surface area contributed by atoms with Crippen LogP contribution in [0.2, 0.25) is 0 Å². The summed E-state index contributed by atoms with van der Waals surface area (Å²) in [5.41, 5.74) is 2.47. The Morgan fingerprint density at radius 3 is 2.54 bits per heavy atom. The highest BCUT2D eigenvalue weighted by molar-refractivity contribution is 6.05. The van der Waals surface area contributed by atoms with Crippen molar-refractivity contribution in [1.82, 2.24) is 20.1 Å². The quantitative estimate of drug-likeness (QED) is 0.657. The Kier molecular flexibility index (Phi) is 5.76. The first kappa shape index (κ1) is 23.6. The molecule has 8 nitrogen and oxygen atoms in total. The van der Waals surface area contributed by atoms with Gasteiger partial charge >= 0.3 is 0 Å². The first-order chi connectivity index (χ1) is 16.6. The average molecular weight is 477 g/mol. The van der Waals surface area contributed by atoms with E-state index in [-0.39, 0.29) is 24.8 Å². The van der Waals surface area contributed by atoms with Crippen LogP contribution in [0, 0.1) is 12.3 Å². The summed E-state index contributed by atoms with van der Waals surface area (Å²) in [5.74, 6) is -1.01. The summed E-state index contributed by atoms with van der Waals surface area (Å²) in [6, 6.07) is 11.3. The largest absolute Gasteiger partial charge is 0.383 e. The van der Waals surface area contributed by atoms with Crippen molar-refractivity contribution < 1.29 is 19.5 Å². The fraction of sp³-hybridized carbons (Fsp3) is 0.481. The van der Waals surface area contributed by atoms with E-state index in [2.05, 4.69) is 55.3 Å². The van der Waals surface area contributed by atoms with Gasteiger partial charge < -0.3 is 10.0 Å². The Balaban J connectivity index is 1.34. The normalized spacial score (nSPS) is 26.6. The van der Waals surface area contributed by atoms with Gasteiger partial charge in [-0.3, -0.25) is 29.6 Å². The molecule has 0 saturated carbocycles. The molecule has 2 N–H and O–H groups in total. The number of aromatic nitrogens is 1. The number of aryl methyl sites for hydroxylation is 1. The molecule has 4 heterocycles. The van der Waals surface area contributed by atoms with E-state index in [4.69, 9.17) is 4.98 Å². The van der Waals surface area contributed by atoms with Crippen LogP contribution >= 0.6 is 0 Å². The second-order valence-electron chi connectivity index (χ2n) is 10.8. The molecular weight excluding hydrogens is 444 g/mol. The lowest BCUT2D eigenvalue weighted by Gasteiger charge is -2.50. The van der Waals surface area contributed by atoms with Gasteiger partial charge in [0.2, 0.25) is 11.8 Å². The zero-order valence-corrected chi connectivity index (χ0v) is 20.5. The minimum Gasteiger partial charge on any atom is -0.383 e. The van der Waals surface area contributed by atoms with E-state index in [1.807, 2.05) is 0 Å². The molecular formula is C27H32N4O4. The van der Waals surface area contributed by atoms with Crippen molar-refractivity contribution in [2.45, 2.75) is 64.8 Å². The fourth-order valence-electron chi connectivity index (χ4n) is 5.65. The third-order valence-corrected chi connectivity index (χ3v) is 7.85. The van der Waals surface area contributed by atoms with Gasteiger partial charge in [0.1, 0.15) is 11.6 Å². The lowest BCUT2D eigenvalue weighted by molar-refractivity contribution is -0.137. The lowest BCUT2D eigenvalue weighted by atomic mass is 9.68. The molecule has 1 aromatic heterocycles. The first-order valence-corrected chi connectivity index (χ1v) is 12.2. The molecule has 5 rings (SSSR count). The number of fused-ring (bicyclic) bond motifs is 1. The smallest absolute Gasteiger partial charge is 0.256 e. The minimum atomic E-state index is -1.14. The molecule has 0 spiro atoms. The number of carbonyl (C=O) groups is 3. The molecule has 184 valence electrons. The topological polar surface area (TPSA) is 103 Å². The van der Waals surface area contributed by atoms with Crippen molar-refractivity contribution >= 4 is 17.7 Å². The highest BCUT2D eigenvalue weighted by atomic mass is 16.3. The number of likely N-dealkylation sites (tertiary alicyclic amines) is 1. The van der Waals surface area contributed by atoms with E-state index in [0.29, 0.717) is 36.3 Å². The van der Waals surface area contributed by atoms with Crippen LogP contribution in [-0.4, -0.2) is 56.7 Å². The average Bonchev–Trinajstić information content (AvgIpc) is 3.13. The molecule has 2 fully saturated rings. The van der Waals surface area contributed by atoms with Crippen LogP contribution < -0.4 is 5.32 Å². The Labute approximate surface area is 205 Å². The molecule has 35 heavy (non-hydrogen) atoms. The number of hydrogen-bond acceptors (Lipinski definition) is 6. The van der Waals surface area contributed by atoms with Crippen molar-refractivity contribution in [3.8, 4) is 0 Å². The van der Waals surface area contributed by atoms with E-state index in [1.54, 1.807) is 12.1 Å². The zero-order valence-electron chi connectivity index (χ0n) is 20.5. The highest BCUT2D eigenvalue weighted by Crippen LogP contribution is 2.46. The van der Waals surface area contributed by atoms with E-state index < -0.39 is 23.0 Å². The summed E-state index contributed by atoms with van der Waals surface area (Å²) in [4.78, 5) is 45.5. The second kappa shape index (κ2) is 8.53. The summed E-state index contributed by atoms with van der Waals surface area (Å²) >= 11 is 0. The summed E-state index contributed by atoms with van der Waals surface area (Å²) in [6.45, 7) is 8.66. The molecule has 8 heteroatoms. The van der Waals surface area contributed by atoms with E-state index in [0.717, 1.165) is 13.1 Å². The summed E-state index contributed by atoms with van der Waals surface area (Å²) in [6.07, 6.45) is 1.05. The van der Waals surface area contributed by atoms with Crippen LogP contribution in [0.3, 0.4) is 0 Å². The third kappa shape index (κ3) is 4.15. The Morgan fingerprint density at radius 1 is 1.11 bits per heavy atom. The predicted molar refractivity (Wildman–Crippen MR) is 129 cm³/mol. The van der Waals surface area contributed by atoms with Crippen molar-refractivity contribution in [3.63, 3.8) is 0 Å². The molecule has 3 aliphatic heterocycles. The number of imide groups is 1. The maximum absolute atomic E-state index is 13.0. The van der Waals surface area contributed by atoms with Gasteiger partial charge in [-0.25, -0.2) is 0 Å². The van der Waals surface area contributed by atoms with Crippen LogP contribution in [0.1, 0.15) is 66.0 Å². The number of nitrogens with one attached hydrogen (secondary N) is 1. The summed E-state index contributed by atoms with van der Waals surface area (Å²) < 4.78 is 0. The van der Waals surface area contributed by atoms with E-state index >= 15 is 0 Å². The number of pyridine rings is 1. The van der Waals surface area contributed by atoms with Gasteiger partial charge in [0.15, 0.2) is 0 Å². The molecule has 3 amide bonds. The van der Waals surface area contributed by atoms with Gasteiger partial charge in [-0.05, 0) is 37.5 Å². The van der Waals surface area contributed by atoms with Gasteiger partial charge in [0, 0.05) is 31.5 Å². The Morgan fingerprint density at radius 2 is 1.86 bits per heavy atom. The van der Waals surface area contributed by atoms with Crippen molar-refractivity contribution in [2.24, 2.45) is 5.41 Å². The van der Waals surface area contributed by atoms with Crippen molar-refractivity contribution in [2.75, 3.05) is 13.1 Å². The molecule has 3 aliphatic rings. The zero-order chi connectivity index (χ0) is 25.0. The maximum atomic E-state index is 13.0. The minimum absolute atomic E-state index is 0.199. The first-order valence-electron chi connectivity index (χ1n) is 12.2. The maximum Gasteiger partial charge on any atom is 0.256 e. The van der Waals surface area contributed by atoms with Gasteiger partial charge in [-0.15, -0.1) is 0 Å². The van der Waals surface area contributed by atoms with Crippen LogP contribution in [0.25, 0.3) is 0 Å². The molecule has 2 atom stereocenters. The fourth-order valence-corrected chi connectivity index (χ4v) is 5.65. The predicted octanol–water partition coefficient (Wildman–Crippen LogP) is 2.27. The van der Waals surface area contributed by atoms with Crippen LogP contribution in [-0.2, 0) is 28.3 Å². The number of carbonyl (C=O) groups excluding carboxylic acids is 3. The molecule has 2 aromatic rings. The molecule has 2 saturated heterocycles. The SMILES string of the molecule is Cc1ccc(CN2CC[C@@](O)(c3ccc4c(n3)CN([C@H]3CCC(=O)NC3=O)C4=O)C(C)(C)C2)cc1. The molecule has 0 bridgehead atoms. The number of amides is 3. The molecule has 0 aliphatic carbocycles. The molecule has 1 aromatic carbocycles. The van der Waals surface area contributed by atoms with E-state index in [9.17, 15) is 19.5 Å². The van der Waals surface area contributed by atoms with Gasteiger partial charge in [0.25, 0.3) is 5.91 Å². The summed E-state index contributed by atoms with van der Waals surface area (Å²) in [7, 11) is 0. The number of nitrogens with zero attached hydrogens (tertiary/aromatic N) is 3. The Bertz CT molecular complexity index is 1190. The number of rotatable bonds is 4. The number of aliphatic hydroxyl groups is 1. The van der Waals surface area contributed by atoms with Crippen LogP contribution in [0.15, 0.2) is 36.4 Å². The van der Waals surface area contributed by atoms with Gasteiger partial charge in [-0.2, -0.15) is 0 Å². The monoisotopic (exact) mass is 476 g/mol. The second-order valence-corrected chi connectivity index (χ2v) is 10.8. The van der Waals surface area contributed by atoms with Crippen molar-refractivity contribution in [1.29, 1.82) is 0 Å². The standard InChI is InChI=1S/C27H32N4O4/c1-17-4-6-18(7-5-17)14-30-13-12-27(35,26(2,3)16-30)22-10-8-19-20(28-22)15-31(25(19)34)21-9-11-23(32)29-24(21)33/h4-8,10,21,35H,9,11-16H2,1-3H3,(H,29,32,33)/t21-,27+/m0/s1. The van der Waals surface area contributed by atoms with Crippen LogP contribution in [0.5, 0.6) is 0 Å². The van der Waals surface area contributed by atoms with Crippen LogP contribution in [0.4, 0.5) is 0 Å². The molecule has 0 radical (unpaired) electrons. The number of hydrogen-bond donors (Lipinski definition) is 2. The lowest BCUT2D eigenvalue weighted by Crippen LogP contribution is -2.55. The third-order valence-electron chi connectivity index (χ3n) is 7.85. The van der Waals surface area contributed by atoms with Crippen molar-refractivity contribution in [3.05, 3.63) is 64.5 Å². The van der Waals surface area contributed by atoms with Gasteiger partial charge in [-0.1, -0.05) is 43.7 Å². The molecule has 0 unspecified atom stereocenters. The Hall–Kier alpha value is -3.10. The van der Waals surface area contributed by atoms with Gasteiger partial charge in [0.05, 0.1) is 23.5 Å². The summed E-state index contributed by atoms with van der Waals surface area (Å²) in [5, 5.41) is 14.2. The highest BCUT2D eigenvalue weighted by Gasteiger charge is 2.50. The number of benzene rings is 1. The van der Waals surface area contributed by atoms with E-state index in [1.165, 1.54) is 16.0 Å².